The van der Waals surface area contributed by atoms with Crippen molar-refractivity contribution in [1.29, 1.82) is 0 Å². The van der Waals surface area contributed by atoms with Crippen LogP contribution in [-0.4, -0.2) is 34.7 Å². The molecule has 0 amide bonds. The number of thioether (sulfide) groups is 1. The van der Waals surface area contributed by atoms with Crippen molar-refractivity contribution in [2.75, 3.05) is 17.2 Å². The number of aromatic nitrogens is 2. The molecule has 0 spiro atoms. The molecule has 8 heteroatoms. The van der Waals surface area contributed by atoms with Crippen molar-refractivity contribution >= 4 is 27.4 Å². The first-order valence-corrected chi connectivity index (χ1v) is 7.42. The average Bonchev–Trinajstić information content (AvgIpc) is 2.54. The van der Waals surface area contributed by atoms with Crippen molar-refractivity contribution < 1.29 is 8.42 Å². The van der Waals surface area contributed by atoms with Crippen LogP contribution in [0.25, 0.3) is 0 Å². The van der Waals surface area contributed by atoms with Crippen molar-refractivity contribution in [1.82, 2.24) is 9.55 Å². The highest BCUT2D eigenvalue weighted by Gasteiger charge is 2.45. The van der Waals surface area contributed by atoms with Crippen LogP contribution in [0.3, 0.4) is 0 Å². The topological polar surface area (TPSA) is 95.1 Å². The summed E-state index contributed by atoms with van der Waals surface area (Å²) in [5.74, 6) is 0.334. The zero-order valence-electron chi connectivity index (χ0n) is 8.16. The number of fused-ring (bicyclic) bond motifs is 3. The van der Waals surface area contributed by atoms with Crippen LogP contribution in [0.15, 0.2) is 16.0 Å². The van der Waals surface area contributed by atoms with Gasteiger partial charge >= 0.3 is 0 Å². The number of hydrogen-bond acceptors (Lipinski definition) is 6. The monoisotopic (exact) mass is 259 g/mol. The standard InChI is InChI=1S/C8H9N3O3S2/c9-6-1-7(12)11-4-2-16(13,14)3-5(4)15-8(11)10-6/h1,4-5H,2-3,9H2/t4-,5-/m0/s1. The minimum Gasteiger partial charge on any atom is -0.383 e. The number of sulfone groups is 1. The van der Waals surface area contributed by atoms with Gasteiger partial charge in [0.2, 0.25) is 0 Å². The molecule has 0 radical (unpaired) electrons. The molecule has 2 N–H and O–H groups in total. The van der Waals surface area contributed by atoms with Gasteiger partial charge in [-0.3, -0.25) is 9.36 Å². The fraction of sp³-hybridized carbons (Fsp3) is 0.500. The van der Waals surface area contributed by atoms with E-state index in [0.29, 0.717) is 5.16 Å². The Kier molecular flexibility index (Phi) is 1.91. The number of rotatable bonds is 0. The van der Waals surface area contributed by atoms with Gasteiger partial charge in [0.15, 0.2) is 15.0 Å². The Hall–Kier alpha value is -1.02. The second-order valence-electron chi connectivity index (χ2n) is 3.97. The summed E-state index contributed by atoms with van der Waals surface area (Å²) in [7, 11) is -3.01. The van der Waals surface area contributed by atoms with Gasteiger partial charge in [0.1, 0.15) is 5.82 Å². The number of hydrogen-bond donors (Lipinski definition) is 1. The van der Waals surface area contributed by atoms with Crippen LogP contribution >= 0.6 is 11.8 Å². The third-order valence-corrected chi connectivity index (χ3v) is 6.01. The molecule has 2 aliphatic rings. The van der Waals surface area contributed by atoms with Gasteiger partial charge in [0.25, 0.3) is 5.56 Å². The average molecular weight is 259 g/mol. The number of nitrogens with two attached hydrogens (primary N) is 1. The lowest BCUT2D eigenvalue weighted by atomic mass is 10.2. The van der Waals surface area contributed by atoms with E-state index in [2.05, 4.69) is 4.98 Å². The molecule has 3 heterocycles. The lowest BCUT2D eigenvalue weighted by Gasteiger charge is -2.08. The first-order chi connectivity index (χ1) is 7.46. The molecule has 1 aromatic rings. The highest BCUT2D eigenvalue weighted by atomic mass is 32.2. The molecule has 2 aliphatic heterocycles. The van der Waals surface area contributed by atoms with Crippen LogP contribution in [0.4, 0.5) is 5.82 Å². The van der Waals surface area contributed by atoms with Crippen LogP contribution < -0.4 is 11.3 Å². The zero-order chi connectivity index (χ0) is 11.5. The van der Waals surface area contributed by atoms with Gasteiger partial charge in [-0.05, 0) is 0 Å². The number of nitrogen functional groups attached to an aromatic ring is 1. The van der Waals surface area contributed by atoms with E-state index < -0.39 is 9.84 Å². The molecule has 0 bridgehead atoms. The largest absolute Gasteiger partial charge is 0.383 e. The van der Waals surface area contributed by atoms with Gasteiger partial charge < -0.3 is 5.73 Å². The maximum atomic E-state index is 11.7. The Morgan fingerprint density at radius 1 is 1.50 bits per heavy atom. The van der Waals surface area contributed by atoms with Gasteiger partial charge in [-0.2, -0.15) is 0 Å². The summed E-state index contributed by atoms with van der Waals surface area (Å²) in [6.07, 6.45) is 0. The smallest absolute Gasteiger partial charge is 0.256 e. The molecule has 2 atom stereocenters. The molecule has 0 unspecified atom stereocenters. The second kappa shape index (κ2) is 3.01. The van der Waals surface area contributed by atoms with E-state index in [1.165, 1.54) is 22.4 Å². The van der Waals surface area contributed by atoms with Crippen LogP contribution in [0, 0.1) is 0 Å². The molecular weight excluding hydrogens is 250 g/mol. The first kappa shape index (κ1) is 10.2. The molecule has 0 aromatic carbocycles. The minimum atomic E-state index is -3.01. The Labute approximate surface area is 95.8 Å². The van der Waals surface area contributed by atoms with E-state index in [0.717, 1.165) is 0 Å². The van der Waals surface area contributed by atoms with Gasteiger partial charge in [-0.1, -0.05) is 11.8 Å². The molecule has 1 fully saturated rings. The SMILES string of the molecule is Nc1cc(=O)n2c(n1)S[C@H]1CS(=O)(=O)C[C@@H]12. The quantitative estimate of drug-likeness (QED) is 0.617. The summed E-state index contributed by atoms with van der Waals surface area (Å²) in [5, 5.41) is 0.446. The molecule has 0 aliphatic carbocycles. The van der Waals surface area contributed by atoms with Crippen molar-refractivity contribution in [2.24, 2.45) is 0 Å². The van der Waals surface area contributed by atoms with Gasteiger partial charge in [0.05, 0.1) is 17.5 Å². The first-order valence-electron chi connectivity index (χ1n) is 4.72. The van der Waals surface area contributed by atoms with E-state index in [-0.39, 0.29) is 34.2 Å². The van der Waals surface area contributed by atoms with Crippen LogP contribution in [0.5, 0.6) is 0 Å². The Morgan fingerprint density at radius 2 is 2.25 bits per heavy atom. The fourth-order valence-corrected chi connectivity index (χ4v) is 6.08. The molecule has 3 rings (SSSR count). The molecule has 16 heavy (non-hydrogen) atoms. The van der Waals surface area contributed by atoms with E-state index in [9.17, 15) is 13.2 Å². The van der Waals surface area contributed by atoms with Gasteiger partial charge in [0, 0.05) is 11.3 Å². The van der Waals surface area contributed by atoms with E-state index in [4.69, 9.17) is 5.73 Å². The number of anilines is 1. The lowest BCUT2D eigenvalue weighted by Crippen LogP contribution is -2.26. The maximum Gasteiger partial charge on any atom is 0.256 e. The second-order valence-corrected chi connectivity index (χ2v) is 7.33. The van der Waals surface area contributed by atoms with Crippen LogP contribution in [0.1, 0.15) is 6.04 Å². The zero-order valence-corrected chi connectivity index (χ0v) is 9.79. The molecule has 0 saturated carbocycles. The molecule has 6 nitrogen and oxygen atoms in total. The van der Waals surface area contributed by atoms with Crippen molar-refractivity contribution in [3.63, 3.8) is 0 Å². The van der Waals surface area contributed by atoms with Crippen molar-refractivity contribution in [3.8, 4) is 0 Å². The highest BCUT2D eigenvalue weighted by molar-refractivity contribution is 8.02. The highest BCUT2D eigenvalue weighted by Crippen LogP contribution is 2.43. The predicted octanol–water partition coefficient (Wildman–Crippen LogP) is -0.731. The Morgan fingerprint density at radius 3 is 3.00 bits per heavy atom. The van der Waals surface area contributed by atoms with E-state index in [1.54, 1.807) is 0 Å². The summed E-state index contributed by atoms with van der Waals surface area (Å²) < 4.78 is 24.4. The Balaban J connectivity index is 2.17. The number of nitrogens with zero attached hydrogens (tertiary/aromatic N) is 2. The third-order valence-electron chi connectivity index (χ3n) is 2.80. The van der Waals surface area contributed by atoms with Crippen molar-refractivity contribution in [2.45, 2.75) is 16.4 Å². The summed E-state index contributed by atoms with van der Waals surface area (Å²) in [4.78, 5) is 15.8. The molecular formula is C8H9N3O3S2. The molecule has 1 aromatic heterocycles. The van der Waals surface area contributed by atoms with Crippen LogP contribution in [-0.2, 0) is 9.84 Å². The summed E-state index contributed by atoms with van der Waals surface area (Å²) >= 11 is 1.33. The Bertz CT molecular complexity index is 622. The van der Waals surface area contributed by atoms with Gasteiger partial charge in [-0.25, -0.2) is 13.4 Å². The minimum absolute atomic E-state index is 0.0309. The third kappa shape index (κ3) is 1.36. The maximum absolute atomic E-state index is 11.7. The van der Waals surface area contributed by atoms with Gasteiger partial charge in [-0.15, -0.1) is 0 Å². The summed E-state index contributed by atoms with van der Waals surface area (Å²) in [6.45, 7) is 0. The summed E-state index contributed by atoms with van der Waals surface area (Å²) in [5.41, 5.74) is 5.22. The fourth-order valence-electron chi connectivity index (χ4n) is 2.16. The molecule has 1 saturated heterocycles. The normalized spacial score (nSPS) is 30.0. The lowest BCUT2D eigenvalue weighted by molar-refractivity contribution is 0.519. The van der Waals surface area contributed by atoms with Crippen molar-refractivity contribution in [3.05, 3.63) is 16.4 Å². The summed E-state index contributed by atoms with van der Waals surface area (Å²) in [6, 6.07) is 0.961. The van der Waals surface area contributed by atoms with E-state index >= 15 is 0 Å². The predicted molar refractivity (Wildman–Crippen MR) is 60.2 cm³/mol. The van der Waals surface area contributed by atoms with Crippen LogP contribution in [0.2, 0.25) is 0 Å². The van der Waals surface area contributed by atoms with E-state index in [1.807, 2.05) is 0 Å². The molecule has 86 valence electrons.